The lowest BCUT2D eigenvalue weighted by Crippen LogP contribution is -2.04. The number of hydrogen-bond donors (Lipinski definition) is 1. The Balaban J connectivity index is 2.15. The van der Waals surface area contributed by atoms with E-state index in [1.54, 1.807) is 10.9 Å². The molecule has 2 rings (SSSR count). The number of aryl methyl sites for hydroxylation is 1. The highest BCUT2D eigenvalue weighted by atomic mass is 32.1. The Labute approximate surface area is 129 Å². The number of rotatable bonds is 6. The summed E-state index contributed by atoms with van der Waals surface area (Å²) in [7, 11) is 0. The second kappa shape index (κ2) is 7.17. The molecule has 0 aliphatic carbocycles. The van der Waals surface area contributed by atoms with Crippen LogP contribution in [0.1, 0.15) is 32.2 Å². The molecule has 0 atom stereocenters. The van der Waals surface area contributed by atoms with Gasteiger partial charge in [-0.15, -0.1) is 0 Å². The third-order valence-electron chi connectivity index (χ3n) is 2.80. The second-order valence-electron chi connectivity index (χ2n) is 5.13. The largest absolute Gasteiger partial charge is 0.493 e. The molecule has 0 fully saturated rings. The first-order valence-corrected chi connectivity index (χ1v) is 7.44. The molecule has 0 spiro atoms. The molecular weight excluding hydrogens is 284 g/mol. The Hall–Kier alpha value is -1.95. The van der Waals surface area contributed by atoms with E-state index in [2.05, 4.69) is 29.1 Å². The number of nitrogens with zero attached hydrogens (tertiary/aromatic N) is 3. The summed E-state index contributed by atoms with van der Waals surface area (Å²) in [5.41, 5.74) is 0.960. The number of benzene rings is 1. The fraction of sp³-hybridized carbons (Fsp3) is 0.400. The quantitative estimate of drug-likeness (QED) is 0.657. The number of hydrogen-bond acceptors (Lipinski definition) is 4. The molecule has 0 aliphatic heterocycles. The lowest BCUT2D eigenvalue weighted by molar-refractivity contribution is 0.271. The first kappa shape index (κ1) is 15.4. The Bertz CT molecular complexity index is 672. The van der Waals surface area contributed by atoms with Crippen LogP contribution < -0.4 is 4.74 Å². The minimum absolute atomic E-state index is 0.496. The van der Waals surface area contributed by atoms with Crippen LogP contribution >= 0.6 is 12.2 Å². The van der Waals surface area contributed by atoms with Crippen molar-refractivity contribution >= 4 is 18.4 Å². The van der Waals surface area contributed by atoms with Crippen molar-refractivity contribution < 1.29 is 4.74 Å². The summed E-state index contributed by atoms with van der Waals surface area (Å²) in [5.74, 6) is 2.15. The third kappa shape index (κ3) is 4.26. The van der Waals surface area contributed by atoms with E-state index in [9.17, 15) is 0 Å². The van der Waals surface area contributed by atoms with Crippen molar-refractivity contribution in [2.45, 2.75) is 27.2 Å². The summed E-state index contributed by atoms with van der Waals surface area (Å²) in [4.78, 5) is 0. The smallest absolute Gasteiger partial charge is 0.216 e. The van der Waals surface area contributed by atoms with Gasteiger partial charge in [0.15, 0.2) is 5.82 Å². The van der Waals surface area contributed by atoms with Crippen molar-refractivity contribution in [3.8, 4) is 5.75 Å². The van der Waals surface area contributed by atoms with E-state index >= 15 is 0 Å². The molecule has 112 valence electrons. The Kier molecular flexibility index (Phi) is 5.27. The zero-order valence-corrected chi connectivity index (χ0v) is 13.4. The number of ether oxygens (including phenoxy) is 1. The minimum atomic E-state index is 0.496. The van der Waals surface area contributed by atoms with Gasteiger partial charge < -0.3 is 4.74 Å². The van der Waals surface area contributed by atoms with E-state index in [0.29, 0.717) is 17.3 Å². The molecule has 5 nitrogen and oxygen atoms in total. The maximum Gasteiger partial charge on any atom is 0.216 e. The molecular formula is C15H20N4OS. The highest BCUT2D eigenvalue weighted by Crippen LogP contribution is 2.13. The molecule has 0 bridgehead atoms. The summed E-state index contributed by atoms with van der Waals surface area (Å²) in [6, 6.07) is 7.83. The van der Waals surface area contributed by atoms with Gasteiger partial charge in [-0.1, -0.05) is 32.9 Å². The normalized spacial score (nSPS) is 11.4. The van der Waals surface area contributed by atoms with Gasteiger partial charge in [-0.25, -0.2) is 0 Å². The zero-order valence-electron chi connectivity index (χ0n) is 12.5. The highest BCUT2D eigenvalue weighted by Gasteiger charge is 2.02. The molecule has 0 aliphatic rings. The van der Waals surface area contributed by atoms with Crippen molar-refractivity contribution in [2.24, 2.45) is 11.0 Å². The SMILES string of the molecule is CCc1n[nH]c(=S)n1/N=C\c1cccc(OCC(C)C)c1. The van der Waals surface area contributed by atoms with Crippen LogP contribution in [0.25, 0.3) is 0 Å². The van der Waals surface area contributed by atoms with Crippen molar-refractivity contribution in [2.75, 3.05) is 6.61 Å². The summed E-state index contributed by atoms with van der Waals surface area (Å²) < 4.78 is 7.84. The van der Waals surface area contributed by atoms with Gasteiger partial charge in [-0.05, 0) is 35.8 Å². The molecule has 0 amide bonds. The van der Waals surface area contributed by atoms with E-state index in [-0.39, 0.29) is 0 Å². The van der Waals surface area contributed by atoms with E-state index in [1.807, 2.05) is 31.2 Å². The minimum Gasteiger partial charge on any atom is -0.493 e. The van der Waals surface area contributed by atoms with E-state index in [1.165, 1.54) is 0 Å². The lowest BCUT2D eigenvalue weighted by atomic mass is 10.2. The van der Waals surface area contributed by atoms with Crippen molar-refractivity contribution in [1.29, 1.82) is 0 Å². The van der Waals surface area contributed by atoms with Crippen LogP contribution in [-0.4, -0.2) is 27.7 Å². The first-order chi connectivity index (χ1) is 10.1. The molecule has 0 radical (unpaired) electrons. The molecule has 6 heteroatoms. The van der Waals surface area contributed by atoms with Crippen LogP contribution in [0.5, 0.6) is 5.75 Å². The average Bonchev–Trinajstić information content (AvgIpc) is 2.83. The summed E-state index contributed by atoms with van der Waals surface area (Å²) >= 11 is 5.16. The monoisotopic (exact) mass is 304 g/mol. The van der Waals surface area contributed by atoms with Crippen molar-refractivity contribution in [3.05, 3.63) is 40.4 Å². The third-order valence-corrected chi connectivity index (χ3v) is 3.06. The van der Waals surface area contributed by atoms with Crippen LogP contribution in [0.2, 0.25) is 0 Å². The van der Waals surface area contributed by atoms with E-state index in [4.69, 9.17) is 17.0 Å². The van der Waals surface area contributed by atoms with Gasteiger partial charge >= 0.3 is 0 Å². The van der Waals surface area contributed by atoms with Crippen LogP contribution in [0, 0.1) is 10.7 Å². The van der Waals surface area contributed by atoms with Crippen molar-refractivity contribution in [1.82, 2.24) is 14.9 Å². The Morgan fingerprint density at radius 2 is 2.29 bits per heavy atom. The van der Waals surface area contributed by atoms with E-state index in [0.717, 1.165) is 23.6 Å². The molecule has 1 N–H and O–H groups in total. The predicted octanol–water partition coefficient (Wildman–Crippen LogP) is 3.42. The Morgan fingerprint density at radius 1 is 1.48 bits per heavy atom. The molecule has 0 unspecified atom stereocenters. The van der Waals surface area contributed by atoms with E-state index < -0.39 is 0 Å². The highest BCUT2D eigenvalue weighted by molar-refractivity contribution is 7.71. The fourth-order valence-corrected chi connectivity index (χ4v) is 1.94. The second-order valence-corrected chi connectivity index (χ2v) is 5.52. The van der Waals surface area contributed by atoms with Gasteiger partial charge in [0.05, 0.1) is 12.8 Å². The fourth-order valence-electron chi connectivity index (χ4n) is 1.74. The lowest BCUT2D eigenvalue weighted by Gasteiger charge is -2.08. The molecule has 0 saturated heterocycles. The van der Waals surface area contributed by atoms with Gasteiger partial charge in [0.1, 0.15) is 5.75 Å². The van der Waals surface area contributed by atoms with Crippen LogP contribution in [0.4, 0.5) is 0 Å². The van der Waals surface area contributed by atoms with Crippen molar-refractivity contribution in [3.63, 3.8) is 0 Å². The number of nitrogens with one attached hydrogen (secondary N) is 1. The van der Waals surface area contributed by atoms with Crippen LogP contribution in [0.3, 0.4) is 0 Å². The standard InChI is InChI=1S/C15H20N4OS/c1-4-14-17-18-15(21)19(14)16-9-12-6-5-7-13(8-12)20-10-11(2)3/h5-9,11H,4,10H2,1-3H3,(H,18,21)/b16-9-. The molecule has 0 saturated carbocycles. The summed E-state index contributed by atoms with van der Waals surface area (Å²) in [5, 5.41) is 11.2. The zero-order chi connectivity index (χ0) is 15.2. The summed E-state index contributed by atoms with van der Waals surface area (Å²) in [6.07, 6.45) is 2.52. The average molecular weight is 304 g/mol. The summed E-state index contributed by atoms with van der Waals surface area (Å²) in [6.45, 7) is 6.96. The molecule has 2 aromatic rings. The maximum atomic E-state index is 5.71. The number of H-pyrrole nitrogens is 1. The number of aromatic nitrogens is 3. The maximum absolute atomic E-state index is 5.71. The van der Waals surface area contributed by atoms with Crippen LogP contribution in [0.15, 0.2) is 29.4 Å². The topological polar surface area (TPSA) is 55.2 Å². The van der Waals surface area contributed by atoms with Gasteiger partial charge in [-0.3, -0.25) is 5.10 Å². The molecule has 21 heavy (non-hydrogen) atoms. The molecule has 1 aromatic heterocycles. The molecule has 1 heterocycles. The predicted molar refractivity (Wildman–Crippen MR) is 86.6 cm³/mol. The van der Waals surface area contributed by atoms with Gasteiger partial charge in [0, 0.05) is 6.42 Å². The Morgan fingerprint density at radius 3 is 3.00 bits per heavy atom. The van der Waals surface area contributed by atoms with Gasteiger partial charge in [0.25, 0.3) is 0 Å². The van der Waals surface area contributed by atoms with Gasteiger partial charge in [-0.2, -0.15) is 14.9 Å². The first-order valence-electron chi connectivity index (χ1n) is 7.03. The van der Waals surface area contributed by atoms with Crippen LogP contribution in [-0.2, 0) is 6.42 Å². The van der Waals surface area contributed by atoms with Gasteiger partial charge in [0.2, 0.25) is 4.77 Å². The number of aromatic amines is 1. The molecule has 1 aromatic carbocycles.